The first-order valence-electron chi connectivity index (χ1n) is 17.0. The number of rotatable bonds is 6. The predicted molar refractivity (Wildman–Crippen MR) is 195 cm³/mol. The molecule has 3 aliphatic carbocycles. The normalized spacial score (nSPS) is 22.1. The number of benzene rings is 5. The van der Waals surface area contributed by atoms with E-state index in [1.165, 1.54) is 68.5 Å². The van der Waals surface area contributed by atoms with Gasteiger partial charge in [-0.05, 0) is 93.5 Å². The molecule has 5 aromatic carbocycles. The van der Waals surface area contributed by atoms with Crippen LogP contribution in [0.5, 0.6) is 0 Å². The van der Waals surface area contributed by atoms with Crippen LogP contribution in [-0.4, -0.2) is 0 Å². The molecule has 4 atom stereocenters. The highest BCUT2D eigenvalue weighted by Gasteiger charge is 2.29. The molecule has 8 rings (SSSR count). The average Bonchev–Trinajstić information content (AvgIpc) is 3.15. The van der Waals surface area contributed by atoms with E-state index in [1.807, 2.05) is 0 Å². The summed E-state index contributed by atoms with van der Waals surface area (Å²) >= 11 is 0. The van der Waals surface area contributed by atoms with Gasteiger partial charge in [-0.1, -0.05) is 158 Å². The van der Waals surface area contributed by atoms with Crippen molar-refractivity contribution in [1.29, 1.82) is 0 Å². The average molecular weight is 593 g/mol. The van der Waals surface area contributed by atoms with Gasteiger partial charge in [-0.25, -0.2) is 0 Å². The Morgan fingerprint density at radius 2 is 1.04 bits per heavy atom. The number of fused-ring (bicyclic) bond motifs is 1. The quantitative estimate of drug-likeness (QED) is 0.172. The Bertz CT molecular complexity index is 1920. The van der Waals surface area contributed by atoms with Gasteiger partial charge in [0.1, 0.15) is 0 Å². The van der Waals surface area contributed by atoms with Gasteiger partial charge in [-0.15, -0.1) is 0 Å². The van der Waals surface area contributed by atoms with Crippen LogP contribution in [0.2, 0.25) is 0 Å². The van der Waals surface area contributed by atoms with Crippen LogP contribution in [0.1, 0.15) is 70.4 Å². The molecular weight excluding hydrogens is 553 g/mol. The second-order valence-corrected chi connectivity index (χ2v) is 13.1. The van der Waals surface area contributed by atoms with Gasteiger partial charge < -0.3 is 0 Å². The molecule has 224 valence electrons. The zero-order chi connectivity index (χ0) is 30.7. The molecule has 0 N–H and O–H groups in total. The monoisotopic (exact) mass is 592 g/mol. The molecule has 0 spiro atoms. The van der Waals surface area contributed by atoms with E-state index in [4.69, 9.17) is 0 Å². The molecule has 0 bridgehead atoms. The van der Waals surface area contributed by atoms with E-state index in [-0.39, 0.29) is 0 Å². The standard InChI is InChI=1S/C46H40/c1-5-13-33(14-6-1)36-21-23-38(24-22-36)43-28-27-40(35-17-9-3-10-18-35)31-45(43)46-32-42-29-39(34-15-7-2-8-16-34)25-26-41(42)30-44(46)37-19-11-4-12-20-37/h1-21,23,25-26,28,30-32,36,38-40H,22,24,27,29H2/t36?,38?,39-,40?/m1/s1. The molecule has 0 heterocycles. The van der Waals surface area contributed by atoms with Crippen molar-refractivity contribution in [3.8, 4) is 11.1 Å². The Hall–Kier alpha value is -4.94. The maximum atomic E-state index is 2.60. The lowest BCUT2D eigenvalue weighted by Gasteiger charge is -2.32. The molecule has 3 unspecified atom stereocenters. The Balaban J connectivity index is 1.24. The molecule has 3 aliphatic rings. The van der Waals surface area contributed by atoms with E-state index >= 15 is 0 Å². The van der Waals surface area contributed by atoms with Crippen LogP contribution >= 0.6 is 0 Å². The highest BCUT2D eigenvalue weighted by Crippen LogP contribution is 2.47. The van der Waals surface area contributed by atoms with Crippen LogP contribution in [0.25, 0.3) is 22.8 Å². The lowest BCUT2D eigenvalue weighted by atomic mass is 9.72. The Labute approximate surface area is 274 Å². The van der Waals surface area contributed by atoms with E-state index in [0.717, 1.165) is 12.8 Å². The third-order valence-electron chi connectivity index (χ3n) is 10.3. The van der Waals surface area contributed by atoms with Gasteiger partial charge >= 0.3 is 0 Å². The fourth-order valence-electron chi connectivity index (χ4n) is 7.84. The van der Waals surface area contributed by atoms with Gasteiger partial charge in [-0.2, -0.15) is 0 Å². The molecule has 46 heavy (non-hydrogen) atoms. The second kappa shape index (κ2) is 12.8. The molecule has 0 fully saturated rings. The van der Waals surface area contributed by atoms with Crippen LogP contribution in [0.4, 0.5) is 0 Å². The summed E-state index contributed by atoms with van der Waals surface area (Å²) in [4.78, 5) is 0. The first kappa shape index (κ1) is 28.5. The van der Waals surface area contributed by atoms with E-state index in [0.29, 0.717) is 23.7 Å². The molecule has 5 aromatic rings. The molecule has 0 saturated heterocycles. The highest BCUT2D eigenvalue weighted by atomic mass is 14.3. The van der Waals surface area contributed by atoms with E-state index in [9.17, 15) is 0 Å². The van der Waals surface area contributed by atoms with Crippen LogP contribution in [0, 0.1) is 5.92 Å². The van der Waals surface area contributed by atoms with Gasteiger partial charge in [0, 0.05) is 23.7 Å². The fraction of sp³-hybridized carbons (Fsp3) is 0.174. The molecule has 0 aliphatic heterocycles. The minimum Gasteiger partial charge on any atom is -0.0804 e. The fourth-order valence-corrected chi connectivity index (χ4v) is 7.84. The van der Waals surface area contributed by atoms with Crippen molar-refractivity contribution >= 4 is 11.6 Å². The summed E-state index contributed by atoms with van der Waals surface area (Å²) in [5, 5.41) is 0. The van der Waals surface area contributed by atoms with Crippen LogP contribution in [0.3, 0.4) is 0 Å². The maximum Gasteiger partial charge on any atom is 0.00620 e. The molecule has 0 aromatic heterocycles. The summed E-state index contributed by atoms with van der Waals surface area (Å²) in [7, 11) is 0. The summed E-state index contributed by atoms with van der Waals surface area (Å²) in [6.07, 6.45) is 19.3. The van der Waals surface area contributed by atoms with Crippen molar-refractivity contribution in [1.82, 2.24) is 0 Å². The van der Waals surface area contributed by atoms with Crippen LogP contribution in [0.15, 0.2) is 169 Å². The van der Waals surface area contributed by atoms with Gasteiger partial charge in [0.25, 0.3) is 0 Å². The summed E-state index contributed by atoms with van der Waals surface area (Å²) in [6, 6.07) is 49.1. The van der Waals surface area contributed by atoms with Gasteiger partial charge in [-0.3, -0.25) is 0 Å². The first-order chi connectivity index (χ1) is 22.8. The summed E-state index contributed by atoms with van der Waals surface area (Å²) in [5.74, 6) is 1.67. The maximum absolute atomic E-state index is 2.60. The third-order valence-corrected chi connectivity index (χ3v) is 10.3. The van der Waals surface area contributed by atoms with Crippen molar-refractivity contribution in [3.05, 3.63) is 203 Å². The number of hydrogen-bond acceptors (Lipinski definition) is 0. The zero-order valence-electron chi connectivity index (χ0n) is 26.3. The number of allylic oxidation sites excluding steroid dienone is 7. The molecule has 0 heteroatoms. The molecule has 0 nitrogen and oxygen atoms in total. The summed E-state index contributed by atoms with van der Waals surface area (Å²) in [6.45, 7) is 0. The largest absolute Gasteiger partial charge is 0.0804 e. The lowest BCUT2D eigenvalue weighted by molar-refractivity contribution is 0.567. The van der Waals surface area contributed by atoms with Gasteiger partial charge in [0.15, 0.2) is 0 Å². The number of hydrogen-bond donors (Lipinski definition) is 0. The lowest BCUT2D eigenvalue weighted by Crippen LogP contribution is -2.15. The van der Waals surface area contributed by atoms with Gasteiger partial charge in [0.05, 0.1) is 0 Å². The minimum absolute atomic E-state index is 0.362. The minimum atomic E-state index is 0.362. The van der Waals surface area contributed by atoms with Crippen molar-refractivity contribution in [3.63, 3.8) is 0 Å². The van der Waals surface area contributed by atoms with Crippen LogP contribution in [-0.2, 0) is 6.42 Å². The van der Waals surface area contributed by atoms with Crippen LogP contribution < -0.4 is 0 Å². The summed E-state index contributed by atoms with van der Waals surface area (Å²) in [5.41, 5.74) is 13.9. The molecular formula is C46H40. The van der Waals surface area contributed by atoms with Crippen molar-refractivity contribution in [2.24, 2.45) is 5.92 Å². The smallest absolute Gasteiger partial charge is 0.00620 e. The first-order valence-corrected chi connectivity index (χ1v) is 17.0. The van der Waals surface area contributed by atoms with Crippen molar-refractivity contribution in [2.45, 2.75) is 43.4 Å². The Morgan fingerprint density at radius 1 is 0.478 bits per heavy atom. The van der Waals surface area contributed by atoms with E-state index < -0.39 is 0 Å². The third kappa shape index (κ3) is 5.77. The van der Waals surface area contributed by atoms with Crippen molar-refractivity contribution in [2.75, 3.05) is 0 Å². The molecule has 0 radical (unpaired) electrons. The molecule has 0 saturated carbocycles. The van der Waals surface area contributed by atoms with Crippen molar-refractivity contribution < 1.29 is 0 Å². The molecule has 0 amide bonds. The summed E-state index contributed by atoms with van der Waals surface area (Å²) < 4.78 is 0. The Kier molecular flexibility index (Phi) is 7.95. The Morgan fingerprint density at radius 3 is 1.67 bits per heavy atom. The SMILES string of the molecule is C1=C[C@@H](c2ccccc2)Cc2cc(C3=CC(c4ccccc4)CC=C3C3C=CC(c4ccccc4)CC3)c(-c3ccccc3)cc21. The van der Waals surface area contributed by atoms with Gasteiger partial charge in [0.2, 0.25) is 0 Å². The zero-order valence-corrected chi connectivity index (χ0v) is 26.3. The predicted octanol–water partition coefficient (Wildman–Crippen LogP) is 12.0. The van der Waals surface area contributed by atoms with E-state index in [1.54, 1.807) is 0 Å². The van der Waals surface area contributed by atoms with E-state index in [2.05, 4.69) is 170 Å². The highest BCUT2D eigenvalue weighted by molar-refractivity contribution is 5.91. The second-order valence-electron chi connectivity index (χ2n) is 13.1. The topological polar surface area (TPSA) is 0 Å².